The van der Waals surface area contributed by atoms with Crippen molar-refractivity contribution in [1.29, 1.82) is 0 Å². The number of methoxy groups -OCH3 is 2. The number of carbonyl (C=O) groups is 1. The number of rotatable bonds is 8. The van der Waals surface area contributed by atoms with Crippen molar-refractivity contribution in [3.8, 4) is 17.2 Å². The highest BCUT2D eigenvalue weighted by Crippen LogP contribution is 2.40. The lowest BCUT2D eigenvalue weighted by Gasteiger charge is -2.29. The number of amides is 1. The number of piperidine rings is 1. The normalized spacial score (nSPS) is 14.4. The van der Waals surface area contributed by atoms with Crippen LogP contribution in [0.4, 0.5) is 11.6 Å². The molecule has 3 aromatic rings. The number of nitrogens with zero attached hydrogens (tertiary/aromatic N) is 3. The van der Waals surface area contributed by atoms with Crippen LogP contribution in [0.5, 0.6) is 17.2 Å². The van der Waals surface area contributed by atoms with Crippen LogP contribution in [0, 0.1) is 0 Å². The highest BCUT2D eigenvalue weighted by molar-refractivity contribution is 5.98. The quantitative estimate of drug-likeness (QED) is 0.395. The summed E-state index contributed by atoms with van der Waals surface area (Å²) in [7, 11) is 2.96. The first-order chi connectivity index (χ1) is 16.4. The Balaban J connectivity index is 1.68. The third kappa shape index (κ3) is 4.73. The SMILES string of the molecule is COc1cc(Nc2nc3ccc(C(=O)N4CCC(O)CC4)cc3n2CCCN)cc(O)c1OC. The zero-order valence-electron chi connectivity index (χ0n) is 19.5. The Morgan fingerprint density at radius 3 is 2.65 bits per heavy atom. The summed E-state index contributed by atoms with van der Waals surface area (Å²) in [5, 5.41) is 23.3. The maximum atomic E-state index is 13.1. The molecule has 1 aliphatic rings. The van der Waals surface area contributed by atoms with Gasteiger partial charge in [0.1, 0.15) is 0 Å². The number of hydrogen-bond donors (Lipinski definition) is 4. The number of anilines is 2. The van der Waals surface area contributed by atoms with Gasteiger partial charge in [-0.3, -0.25) is 4.79 Å². The van der Waals surface area contributed by atoms with Crippen molar-refractivity contribution in [2.75, 3.05) is 39.2 Å². The van der Waals surface area contributed by atoms with E-state index < -0.39 is 0 Å². The van der Waals surface area contributed by atoms with Crippen LogP contribution in [0.3, 0.4) is 0 Å². The number of aryl methyl sites for hydroxylation is 1. The van der Waals surface area contributed by atoms with Crippen molar-refractivity contribution >= 4 is 28.6 Å². The minimum atomic E-state index is -0.339. The lowest BCUT2D eigenvalue weighted by atomic mass is 10.1. The van der Waals surface area contributed by atoms with Gasteiger partial charge in [-0.25, -0.2) is 4.98 Å². The molecule has 1 aromatic heterocycles. The third-order valence-corrected chi connectivity index (χ3v) is 6.05. The Kier molecular flexibility index (Phi) is 7.09. The second-order valence-corrected chi connectivity index (χ2v) is 8.31. The van der Waals surface area contributed by atoms with E-state index in [-0.39, 0.29) is 23.5 Å². The second kappa shape index (κ2) is 10.2. The number of aliphatic hydroxyl groups excluding tert-OH is 1. The van der Waals surface area contributed by atoms with Gasteiger partial charge in [-0.05, 0) is 44.0 Å². The number of imidazole rings is 1. The minimum absolute atomic E-state index is 0.0558. The first kappa shape index (κ1) is 23.7. The molecular weight excluding hydrogens is 438 g/mol. The Hall–Kier alpha value is -3.50. The molecule has 182 valence electrons. The first-order valence-electron chi connectivity index (χ1n) is 11.3. The number of aromatic nitrogens is 2. The maximum absolute atomic E-state index is 13.1. The van der Waals surface area contributed by atoms with Gasteiger partial charge in [-0.15, -0.1) is 0 Å². The van der Waals surface area contributed by atoms with E-state index in [1.807, 2.05) is 16.7 Å². The number of carbonyl (C=O) groups excluding carboxylic acids is 1. The number of hydrogen-bond acceptors (Lipinski definition) is 8. The Morgan fingerprint density at radius 2 is 1.97 bits per heavy atom. The smallest absolute Gasteiger partial charge is 0.253 e. The van der Waals surface area contributed by atoms with E-state index in [2.05, 4.69) is 5.32 Å². The van der Waals surface area contributed by atoms with Crippen LogP contribution in [0.1, 0.15) is 29.6 Å². The fourth-order valence-electron chi connectivity index (χ4n) is 4.22. The highest BCUT2D eigenvalue weighted by atomic mass is 16.5. The number of nitrogens with one attached hydrogen (secondary N) is 1. The predicted octanol–water partition coefficient (Wildman–Crippen LogP) is 2.45. The van der Waals surface area contributed by atoms with Gasteiger partial charge in [0.2, 0.25) is 11.7 Å². The molecule has 1 aliphatic heterocycles. The molecule has 0 spiro atoms. The van der Waals surface area contributed by atoms with Crippen molar-refractivity contribution in [2.45, 2.75) is 31.9 Å². The molecule has 1 saturated heterocycles. The summed E-state index contributed by atoms with van der Waals surface area (Å²) in [6, 6.07) is 8.71. The van der Waals surface area contributed by atoms with Gasteiger partial charge in [-0.1, -0.05) is 0 Å². The molecule has 0 atom stereocenters. The standard InChI is InChI=1S/C24H31N5O5/c1-33-21-14-16(13-20(31)22(21)34-2)26-24-27-18-5-4-15(12-19(18)29(24)9-3-8-25)23(32)28-10-6-17(30)7-11-28/h4-5,12-14,17,30-31H,3,6-11,25H2,1-2H3,(H,26,27). The van der Waals surface area contributed by atoms with E-state index in [0.29, 0.717) is 62.0 Å². The molecule has 0 radical (unpaired) electrons. The summed E-state index contributed by atoms with van der Waals surface area (Å²) < 4.78 is 12.5. The predicted molar refractivity (Wildman–Crippen MR) is 129 cm³/mol. The van der Waals surface area contributed by atoms with E-state index >= 15 is 0 Å². The molecular formula is C24H31N5O5. The molecule has 2 heterocycles. The van der Waals surface area contributed by atoms with Crippen molar-refractivity contribution in [3.05, 3.63) is 35.9 Å². The molecule has 4 rings (SSSR count). The number of benzene rings is 2. The van der Waals surface area contributed by atoms with Gasteiger partial charge >= 0.3 is 0 Å². The average molecular weight is 470 g/mol. The number of likely N-dealkylation sites (tertiary alicyclic amines) is 1. The molecule has 0 bridgehead atoms. The average Bonchev–Trinajstić information content (AvgIpc) is 3.18. The molecule has 2 aromatic carbocycles. The largest absolute Gasteiger partial charge is 0.504 e. The lowest BCUT2D eigenvalue weighted by molar-refractivity contribution is 0.0546. The van der Waals surface area contributed by atoms with Crippen LogP contribution in [-0.4, -0.2) is 70.5 Å². The van der Waals surface area contributed by atoms with E-state index in [4.69, 9.17) is 20.2 Å². The number of aromatic hydroxyl groups is 1. The van der Waals surface area contributed by atoms with Crippen molar-refractivity contribution < 1.29 is 24.5 Å². The van der Waals surface area contributed by atoms with Crippen molar-refractivity contribution in [1.82, 2.24) is 14.5 Å². The fourth-order valence-corrected chi connectivity index (χ4v) is 4.22. The van der Waals surface area contributed by atoms with Crippen LogP contribution in [0.15, 0.2) is 30.3 Å². The topological polar surface area (TPSA) is 135 Å². The molecule has 5 N–H and O–H groups in total. The van der Waals surface area contributed by atoms with Gasteiger partial charge < -0.3 is 40.2 Å². The Labute approximate surface area is 197 Å². The zero-order chi connectivity index (χ0) is 24.2. The molecule has 1 amide bonds. The van der Waals surface area contributed by atoms with E-state index in [1.165, 1.54) is 20.3 Å². The van der Waals surface area contributed by atoms with E-state index in [1.54, 1.807) is 17.0 Å². The summed E-state index contributed by atoms with van der Waals surface area (Å²) >= 11 is 0. The highest BCUT2D eigenvalue weighted by Gasteiger charge is 2.23. The Morgan fingerprint density at radius 1 is 1.21 bits per heavy atom. The van der Waals surface area contributed by atoms with Crippen LogP contribution in [0.25, 0.3) is 11.0 Å². The molecule has 10 heteroatoms. The van der Waals surface area contributed by atoms with Gasteiger partial charge in [0.05, 0.1) is 31.4 Å². The summed E-state index contributed by atoms with van der Waals surface area (Å²) in [5.74, 6) is 1.07. The van der Waals surface area contributed by atoms with Gasteiger partial charge in [-0.2, -0.15) is 0 Å². The first-order valence-corrected chi connectivity index (χ1v) is 11.3. The monoisotopic (exact) mass is 469 g/mol. The molecule has 1 fully saturated rings. The van der Waals surface area contributed by atoms with Crippen molar-refractivity contribution in [2.24, 2.45) is 5.73 Å². The molecule has 0 aliphatic carbocycles. The lowest BCUT2D eigenvalue weighted by Crippen LogP contribution is -2.40. The number of fused-ring (bicyclic) bond motifs is 1. The molecule has 10 nitrogen and oxygen atoms in total. The number of ether oxygens (including phenoxy) is 2. The van der Waals surface area contributed by atoms with Crippen LogP contribution in [-0.2, 0) is 6.54 Å². The molecule has 34 heavy (non-hydrogen) atoms. The van der Waals surface area contributed by atoms with Crippen molar-refractivity contribution in [3.63, 3.8) is 0 Å². The number of aliphatic hydroxyl groups is 1. The van der Waals surface area contributed by atoms with Gasteiger partial charge in [0, 0.05) is 43.0 Å². The summed E-state index contributed by atoms with van der Waals surface area (Å²) in [4.78, 5) is 19.6. The van der Waals surface area contributed by atoms with Crippen LogP contribution in [0.2, 0.25) is 0 Å². The zero-order valence-corrected chi connectivity index (χ0v) is 19.5. The van der Waals surface area contributed by atoms with Gasteiger partial charge in [0.25, 0.3) is 5.91 Å². The summed E-state index contributed by atoms with van der Waals surface area (Å²) in [5.41, 5.74) is 8.46. The molecule has 0 unspecified atom stereocenters. The fraction of sp³-hybridized carbons (Fsp3) is 0.417. The number of phenols is 1. The Bertz CT molecular complexity index is 1170. The maximum Gasteiger partial charge on any atom is 0.253 e. The third-order valence-electron chi connectivity index (χ3n) is 6.05. The van der Waals surface area contributed by atoms with Crippen LogP contribution >= 0.6 is 0 Å². The van der Waals surface area contributed by atoms with E-state index in [0.717, 1.165) is 17.5 Å². The van der Waals surface area contributed by atoms with E-state index in [9.17, 15) is 15.0 Å². The summed E-state index contributed by atoms with van der Waals surface area (Å²) in [6.45, 7) is 2.19. The number of phenolic OH excluding ortho intramolecular Hbond substituents is 1. The minimum Gasteiger partial charge on any atom is -0.504 e. The van der Waals surface area contributed by atoms with Gasteiger partial charge in [0.15, 0.2) is 11.5 Å². The van der Waals surface area contributed by atoms with Crippen LogP contribution < -0.4 is 20.5 Å². The molecule has 0 saturated carbocycles. The second-order valence-electron chi connectivity index (χ2n) is 8.31. The number of nitrogens with two attached hydrogens (primary N) is 1. The summed E-state index contributed by atoms with van der Waals surface area (Å²) in [6.07, 6.45) is 1.57.